The fourth-order valence-corrected chi connectivity index (χ4v) is 3.13. The van der Waals surface area contributed by atoms with Crippen LogP contribution in [0.3, 0.4) is 0 Å². The van der Waals surface area contributed by atoms with Gasteiger partial charge in [0.15, 0.2) is 0 Å². The van der Waals surface area contributed by atoms with Gasteiger partial charge >= 0.3 is 0 Å². The van der Waals surface area contributed by atoms with Crippen LogP contribution < -0.4 is 5.32 Å². The van der Waals surface area contributed by atoms with E-state index in [1.807, 2.05) is 0 Å². The first-order valence-electron chi connectivity index (χ1n) is 7.00. The third-order valence-electron chi connectivity index (χ3n) is 4.30. The molecule has 0 amide bonds. The van der Waals surface area contributed by atoms with Gasteiger partial charge in [-0.2, -0.15) is 0 Å². The van der Waals surface area contributed by atoms with Crippen LogP contribution in [0.2, 0.25) is 0 Å². The maximum Gasteiger partial charge on any atom is 0.0730 e. The predicted octanol–water partition coefficient (Wildman–Crippen LogP) is 1.24. The molecule has 3 heteroatoms. The zero-order valence-electron chi connectivity index (χ0n) is 10.2. The van der Waals surface area contributed by atoms with Crippen molar-refractivity contribution in [2.45, 2.75) is 44.2 Å². The SMILES string of the molecule is C1CC2OCCN(CCNCC3CC3)C2C1. The number of hydrogen-bond donors (Lipinski definition) is 1. The lowest BCUT2D eigenvalue weighted by Crippen LogP contribution is -2.50. The summed E-state index contributed by atoms with van der Waals surface area (Å²) in [4.78, 5) is 2.65. The number of nitrogens with one attached hydrogen (secondary N) is 1. The molecule has 1 heterocycles. The topological polar surface area (TPSA) is 24.5 Å². The van der Waals surface area contributed by atoms with Gasteiger partial charge in [0.25, 0.3) is 0 Å². The van der Waals surface area contributed by atoms with Crippen molar-refractivity contribution in [3.63, 3.8) is 0 Å². The molecule has 3 aliphatic rings. The van der Waals surface area contributed by atoms with Crippen molar-refractivity contribution >= 4 is 0 Å². The first-order chi connectivity index (χ1) is 7.93. The summed E-state index contributed by atoms with van der Waals surface area (Å²) in [6.07, 6.45) is 7.47. The van der Waals surface area contributed by atoms with E-state index in [1.54, 1.807) is 0 Å². The predicted molar refractivity (Wildman–Crippen MR) is 64.5 cm³/mol. The molecule has 0 aromatic heterocycles. The molecule has 3 fully saturated rings. The molecule has 0 aromatic carbocycles. The van der Waals surface area contributed by atoms with Gasteiger partial charge in [-0.15, -0.1) is 0 Å². The van der Waals surface area contributed by atoms with Crippen LogP contribution >= 0.6 is 0 Å². The Labute approximate surface area is 98.5 Å². The zero-order chi connectivity index (χ0) is 10.8. The van der Waals surface area contributed by atoms with Crippen LogP contribution in [0.4, 0.5) is 0 Å². The van der Waals surface area contributed by atoms with Crippen molar-refractivity contribution in [1.82, 2.24) is 10.2 Å². The van der Waals surface area contributed by atoms with Gasteiger partial charge in [0.1, 0.15) is 0 Å². The highest BCUT2D eigenvalue weighted by molar-refractivity contribution is 4.89. The Kier molecular flexibility index (Phi) is 3.46. The van der Waals surface area contributed by atoms with E-state index < -0.39 is 0 Å². The largest absolute Gasteiger partial charge is 0.375 e. The number of fused-ring (bicyclic) bond motifs is 1. The van der Waals surface area contributed by atoms with Crippen molar-refractivity contribution in [1.29, 1.82) is 0 Å². The second-order valence-electron chi connectivity index (χ2n) is 5.59. The maximum absolute atomic E-state index is 5.82. The van der Waals surface area contributed by atoms with Crippen LogP contribution in [-0.4, -0.2) is 49.8 Å². The normalized spacial score (nSPS) is 35.2. The molecule has 2 aliphatic carbocycles. The molecule has 0 bridgehead atoms. The van der Waals surface area contributed by atoms with Gasteiger partial charge in [0, 0.05) is 25.7 Å². The summed E-state index contributed by atoms with van der Waals surface area (Å²) >= 11 is 0. The van der Waals surface area contributed by atoms with Crippen molar-refractivity contribution < 1.29 is 4.74 Å². The molecular weight excluding hydrogens is 200 g/mol. The van der Waals surface area contributed by atoms with Gasteiger partial charge in [-0.25, -0.2) is 0 Å². The van der Waals surface area contributed by atoms with Crippen LogP contribution in [-0.2, 0) is 4.74 Å². The number of morpholine rings is 1. The Hall–Kier alpha value is -0.120. The Bertz CT molecular complexity index is 230. The van der Waals surface area contributed by atoms with Gasteiger partial charge in [0.2, 0.25) is 0 Å². The minimum absolute atomic E-state index is 0.553. The highest BCUT2D eigenvalue weighted by Gasteiger charge is 2.35. The Morgan fingerprint density at radius 1 is 1.19 bits per heavy atom. The summed E-state index contributed by atoms with van der Waals surface area (Å²) in [5.41, 5.74) is 0. The highest BCUT2D eigenvalue weighted by atomic mass is 16.5. The van der Waals surface area contributed by atoms with Gasteiger partial charge in [-0.3, -0.25) is 4.90 Å². The van der Waals surface area contributed by atoms with Gasteiger partial charge in [-0.1, -0.05) is 0 Å². The zero-order valence-corrected chi connectivity index (χ0v) is 10.2. The summed E-state index contributed by atoms with van der Waals surface area (Å²) < 4.78 is 5.82. The van der Waals surface area contributed by atoms with Crippen molar-refractivity contribution in [3.8, 4) is 0 Å². The highest BCUT2D eigenvalue weighted by Crippen LogP contribution is 2.29. The van der Waals surface area contributed by atoms with E-state index in [0.717, 1.165) is 25.1 Å². The van der Waals surface area contributed by atoms with E-state index in [9.17, 15) is 0 Å². The van der Waals surface area contributed by atoms with Crippen LogP contribution in [0.1, 0.15) is 32.1 Å². The molecule has 0 radical (unpaired) electrons. The molecule has 16 heavy (non-hydrogen) atoms. The first-order valence-corrected chi connectivity index (χ1v) is 7.00. The van der Waals surface area contributed by atoms with Crippen LogP contribution in [0.15, 0.2) is 0 Å². The van der Waals surface area contributed by atoms with E-state index in [2.05, 4.69) is 10.2 Å². The minimum Gasteiger partial charge on any atom is -0.375 e. The van der Waals surface area contributed by atoms with Gasteiger partial charge < -0.3 is 10.1 Å². The van der Waals surface area contributed by atoms with Crippen molar-refractivity contribution in [2.24, 2.45) is 5.92 Å². The molecule has 2 saturated carbocycles. The lowest BCUT2D eigenvalue weighted by molar-refractivity contribution is -0.0548. The van der Waals surface area contributed by atoms with E-state index in [-0.39, 0.29) is 0 Å². The fourth-order valence-electron chi connectivity index (χ4n) is 3.13. The second-order valence-corrected chi connectivity index (χ2v) is 5.59. The lowest BCUT2D eigenvalue weighted by atomic mass is 10.1. The van der Waals surface area contributed by atoms with Crippen molar-refractivity contribution in [3.05, 3.63) is 0 Å². The third kappa shape index (κ3) is 2.58. The third-order valence-corrected chi connectivity index (χ3v) is 4.30. The molecule has 2 unspecified atom stereocenters. The molecule has 0 aromatic rings. The molecule has 1 saturated heterocycles. The number of ether oxygens (including phenoxy) is 1. The summed E-state index contributed by atoms with van der Waals surface area (Å²) in [6, 6.07) is 0.733. The minimum atomic E-state index is 0.553. The molecule has 92 valence electrons. The van der Waals surface area contributed by atoms with Crippen molar-refractivity contribution in [2.75, 3.05) is 32.8 Å². The quantitative estimate of drug-likeness (QED) is 0.711. The Morgan fingerprint density at radius 2 is 2.12 bits per heavy atom. The number of rotatable bonds is 5. The second kappa shape index (κ2) is 5.03. The Balaban J connectivity index is 1.38. The fraction of sp³-hybridized carbons (Fsp3) is 1.00. The molecule has 1 aliphatic heterocycles. The summed E-state index contributed by atoms with van der Waals surface area (Å²) in [5, 5.41) is 3.59. The molecular formula is C13H24N2O. The average Bonchev–Trinajstić information content (AvgIpc) is 3.00. The summed E-state index contributed by atoms with van der Waals surface area (Å²) in [6.45, 7) is 5.73. The maximum atomic E-state index is 5.82. The number of hydrogen-bond acceptors (Lipinski definition) is 3. The Morgan fingerprint density at radius 3 is 3.00 bits per heavy atom. The van der Waals surface area contributed by atoms with E-state index in [4.69, 9.17) is 4.74 Å². The smallest absolute Gasteiger partial charge is 0.0730 e. The van der Waals surface area contributed by atoms with Gasteiger partial charge in [-0.05, 0) is 44.6 Å². The molecule has 1 N–H and O–H groups in total. The summed E-state index contributed by atoms with van der Waals surface area (Å²) in [5.74, 6) is 1.00. The molecule has 2 atom stereocenters. The van der Waals surface area contributed by atoms with Crippen LogP contribution in [0.5, 0.6) is 0 Å². The summed E-state index contributed by atoms with van der Waals surface area (Å²) in [7, 11) is 0. The van der Waals surface area contributed by atoms with E-state index in [1.165, 1.54) is 51.7 Å². The van der Waals surface area contributed by atoms with E-state index >= 15 is 0 Å². The van der Waals surface area contributed by atoms with Gasteiger partial charge in [0.05, 0.1) is 12.7 Å². The van der Waals surface area contributed by atoms with E-state index in [0.29, 0.717) is 6.10 Å². The first kappa shape index (κ1) is 11.0. The standard InChI is InChI=1S/C13H24N2O/c1-2-12-13(3-1)16-9-8-15(12)7-6-14-10-11-4-5-11/h11-14H,1-10H2. The molecule has 3 nitrogen and oxygen atoms in total. The van der Waals surface area contributed by atoms with Crippen LogP contribution in [0, 0.1) is 5.92 Å². The lowest BCUT2D eigenvalue weighted by Gasteiger charge is -2.37. The number of nitrogens with zero attached hydrogens (tertiary/aromatic N) is 1. The van der Waals surface area contributed by atoms with Crippen LogP contribution in [0.25, 0.3) is 0 Å². The average molecular weight is 224 g/mol. The molecule has 3 rings (SSSR count). The monoisotopic (exact) mass is 224 g/mol. The molecule has 0 spiro atoms.